The molecule has 4 nitrogen and oxygen atoms in total. The van der Waals surface area contributed by atoms with Gasteiger partial charge in [0.1, 0.15) is 4.21 Å². The van der Waals surface area contributed by atoms with Gasteiger partial charge in [-0.1, -0.05) is 12.8 Å². The molecule has 2 atom stereocenters. The van der Waals surface area contributed by atoms with E-state index in [1.54, 1.807) is 6.07 Å². The van der Waals surface area contributed by atoms with E-state index in [2.05, 4.69) is 20.7 Å². The average Bonchev–Trinajstić information content (AvgIpc) is 2.71. The van der Waals surface area contributed by atoms with Crippen LogP contribution in [0, 0.1) is 12.8 Å². The first kappa shape index (κ1) is 18.4. The van der Waals surface area contributed by atoms with Gasteiger partial charge in [-0.3, -0.25) is 0 Å². The van der Waals surface area contributed by atoms with Crippen LogP contribution in [-0.2, 0) is 10.0 Å². The number of nitrogens with two attached hydrogens (primary N) is 1. The van der Waals surface area contributed by atoms with Crippen LogP contribution in [0.1, 0.15) is 31.2 Å². The molecule has 1 aromatic rings. The summed E-state index contributed by atoms with van der Waals surface area (Å²) in [5.74, 6) is 0.257. The Balaban J connectivity index is 0.00000200. The Bertz CT molecular complexity index is 528. The predicted molar refractivity (Wildman–Crippen MR) is 89.1 cm³/mol. The molecule has 0 aromatic carbocycles. The molecule has 1 aliphatic rings. The van der Waals surface area contributed by atoms with Gasteiger partial charge in [0, 0.05) is 6.04 Å². The lowest BCUT2D eigenvalue weighted by molar-refractivity contribution is 0.296. The van der Waals surface area contributed by atoms with Crippen molar-refractivity contribution in [2.45, 2.75) is 42.9 Å². The number of halogens is 2. The van der Waals surface area contributed by atoms with Gasteiger partial charge in [-0.25, -0.2) is 13.1 Å². The molecule has 8 heteroatoms. The van der Waals surface area contributed by atoms with Crippen LogP contribution >= 0.6 is 39.7 Å². The number of thiophene rings is 1. The molecule has 1 fully saturated rings. The molecule has 0 spiro atoms. The van der Waals surface area contributed by atoms with Gasteiger partial charge in [0.15, 0.2) is 0 Å². The smallest absolute Gasteiger partial charge is 0.250 e. The van der Waals surface area contributed by atoms with Gasteiger partial charge >= 0.3 is 0 Å². The fourth-order valence-electron chi connectivity index (χ4n) is 2.47. The Morgan fingerprint density at radius 3 is 2.65 bits per heavy atom. The molecule has 2 unspecified atom stereocenters. The van der Waals surface area contributed by atoms with Gasteiger partial charge in [-0.2, -0.15) is 0 Å². The fraction of sp³-hybridized carbons (Fsp3) is 0.667. The monoisotopic (exact) mass is 402 g/mol. The van der Waals surface area contributed by atoms with Crippen molar-refractivity contribution in [1.29, 1.82) is 0 Å². The molecule has 116 valence electrons. The normalized spacial score (nSPS) is 23.4. The van der Waals surface area contributed by atoms with Gasteiger partial charge in [0.25, 0.3) is 0 Å². The van der Waals surface area contributed by atoms with Crippen LogP contribution in [0.25, 0.3) is 0 Å². The van der Waals surface area contributed by atoms with Crippen molar-refractivity contribution in [2.24, 2.45) is 11.7 Å². The first-order valence-corrected chi connectivity index (χ1v) is 9.51. The molecule has 0 radical (unpaired) electrons. The van der Waals surface area contributed by atoms with Crippen molar-refractivity contribution in [3.05, 3.63) is 15.4 Å². The molecular formula is C12H20BrClN2O2S2. The van der Waals surface area contributed by atoms with Crippen molar-refractivity contribution in [2.75, 3.05) is 6.54 Å². The third kappa shape index (κ3) is 4.18. The summed E-state index contributed by atoms with van der Waals surface area (Å²) >= 11 is 4.62. The maximum Gasteiger partial charge on any atom is 0.250 e. The maximum absolute atomic E-state index is 12.4. The minimum absolute atomic E-state index is 0. The summed E-state index contributed by atoms with van der Waals surface area (Å²) < 4.78 is 28.8. The van der Waals surface area contributed by atoms with Crippen LogP contribution < -0.4 is 10.5 Å². The summed E-state index contributed by atoms with van der Waals surface area (Å²) in [6.07, 6.45) is 4.10. The van der Waals surface area contributed by atoms with Gasteiger partial charge in [0.2, 0.25) is 10.0 Å². The van der Waals surface area contributed by atoms with Crippen LogP contribution in [0.3, 0.4) is 0 Å². The zero-order valence-electron chi connectivity index (χ0n) is 11.3. The Kier molecular flexibility index (Phi) is 6.95. The number of rotatable bonds is 4. The molecule has 1 aromatic heterocycles. The lowest BCUT2D eigenvalue weighted by Crippen LogP contribution is -2.44. The highest BCUT2D eigenvalue weighted by atomic mass is 79.9. The molecular weight excluding hydrogens is 384 g/mol. The van der Waals surface area contributed by atoms with E-state index >= 15 is 0 Å². The zero-order valence-corrected chi connectivity index (χ0v) is 15.3. The van der Waals surface area contributed by atoms with E-state index in [9.17, 15) is 8.42 Å². The summed E-state index contributed by atoms with van der Waals surface area (Å²) in [4.78, 5) is 0. The minimum Gasteiger partial charge on any atom is -0.330 e. The van der Waals surface area contributed by atoms with Crippen molar-refractivity contribution in [1.82, 2.24) is 4.72 Å². The average molecular weight is 404 g/mol. The lowest BCUT2D eigenvalue weighted by Gasteiger charge is -2.30. The third-order valence-electron chi connectivity index (χ3n) is 3.62. The first-order valence-electron chi connectivity index (χ1n) is 6.42. The third-order valence-corrected chi connectivity index (χ3v) is 7.72. The molecule has 0 amide bonds. The quantitative estimate of drug-likeness (QED) is 0.811. The highest BCUT2D eigenvalue weighted by Gasteiger charge is 2.29. The largest absolute Gasteiger partial charge is 0.330 e. The number of nitrogens with one attached hydrogen (secondary N) is 1. The van der Waals surface area contributed by atoms with Gasteiger partial charge in [0.05, 0.1) is 3.79 Å². The first-order chi connectivity index (χ1) is 8.94. The summed E-state index contributed by atoms with van der Waals surface area (Å²) in [7, 11) is -3.42. The van der Waals surface area contributed by atoms with Crippen molar-refractivity contribution < 1.29 is 8.42 Å². The standard InChI is InChI=1S/C12H19BrN2O2S2.ClH/c1-8-6-11(18-12(8)13)19(16,17)15-10-5-3-2-4-9(10)7-14;/h6,9-10,15H,2-5,7,14H2,1H3;1H. The summed E-state index contributed by atoms with van der Waals surface area (Å²) in [5, 5.41) is 0. The Hall–Kier alpha value is 0.340. The topological polar surface area (TPSA) is 72.2 Å². The van der Waals surface area contributed by atoms with E-state index in [4.69, 9.17) is 5.73 Å². The second-order valence-corrected chi connectivity index (χ2v) is 9.34. The number of hydrogen-bond donors (Lipinski definition) is 2. The summed E-state index contributed by atoms with van der Waals surface area (Å²) in [6, 6.07) is 1.68. The van der Waals surface area contributed by atoms with Crippen LogP contribution in [0.5, 0.6) is 0 Å². The number of sulfonamides is 1. The fourth-order valence-corrected chi connectivity index (χ4v) is 6.05. The van der Waals surface area contributed by atoms with E-state index < -0.39 is 10.0 Å². The van der Waals surface area contributed by atoms with Crippen LogP contribution in [-0.4, -0.2) is 21.0 Å². The van der Waals surface area contributed by atoms with Crippen LogP contribution in [0.4, 0.5) is 0 Å². The zero-order chi connectivity index (χ0) is 14.0. The highest BCUT2D eigenvalue weighted by molar-refractivity contribution is 9.11. The van der Waals surface area contributed by atoms with Gasteiger partial charge in [-0.05, 0) is 59.8 Å². The van der Waals surface area contributed by atoms with Crippen LogP contribution in [0.15, 0.2) is 14.1 Å². The Morgan fingerprint density at radius 2 is 2.10 bits per heavy atom. The number of hydrogen-bond acceptors (Lipinski definition) is 4. The van der Waals surface area contributed by atoms with Gasteiger partial charge < -0.3 is 5.73 Å². The highest BCUT2D eigenvalue weighted by Crippen LogP contribution is 2.32. The van der Waals surface area contributed by atoms with E-state index in [0.717, 1.165) is 35.0 Å². The molecule has 20 heavy (non-hydrogen) atoms. The molecule has 1 aliphatic carbocycles. The molecule has 3 N–H and O–H groups in total. The Labute approximate surface area is 139 Å². The lowest BCUT2D eigenvalue weighted by atomic mass is 9.85. The van der Waals surface area contributed by atoms with Gasteiger partial charge in [-0.15, -0.1) is 23.7 Å². The van der Waals surface area contributed by atoms with E-state index in [1.807, 2.05) is 6.92 Å². The molecule has 0 aliphatic heterocycles. The van der Waals surface area contributed by atoms with Crippen molar-refractivity contribution >= 4 is 49.7 Å². The van der Waals surface area contributed by atoms with E-state index in [0.29, 0.717) is 10.8 Å². The molecule has 0 bridgehead atoms. The van der Waals surface area contributed by atoms with E-state index in [1.165, 1.54) is 11.3 Å². The summed E-state index contributed by atoms with van der Waals surface area (Å²) in [5.41, 5.74) is 6.69. The van der Waals surface area contributed by atoms with E-state index in [-0.39, 0.29) is 24.4 Å². The SMILES string of the molecule is Cc1cc(S(=O)(=O)NC2CCCCC2CN)sc1Br.Cl. The van der Waals surface area contributed by atoms with Crippen molar-refractivity contribution in [3.63, 3.8) is 0 Å². The Morgan fingerprint density at radius 1 is 1.45 bits per heavy atom. The van der Waals surface area contributed by atoms with Crippen LogP contribution in [0.2, 0.25) is 0 Å². The predicted octanol–water partition coefficient (Wildman–Crippen LogP) is 3.04. The molecule has 1 heterocycles. The van der Waals surface area contributed by atoms with Crippen molar-refractivity contribution in [3.8, 4) is 0 Å². The minimum atomic E-state index is -3.42. The molecule has 2 rings (SSSR count). The maximum atomic E-state index is 12.4. The number of aryl methyl sites for hydroxylation is 1. The summed E-state index contributed by atoms with van der Waals surface area (Å²) in [6.45, 7) is 2.43. The second-order valence-electron chi connectivity index (χ2n) is 5.03. The second kappa shape index (κ2) is 7.56. The molecule has 0 saturated heterocycles. The molecule has 1 saturated carbocycles.